The molecule has 14 heteroatoms. The first-order valence-corrected chi connectivity index (χ1v) is 14.2. The highest BCUT2D eigenvalue weighted by Gasteiger charge is 2.51. The van der Waals surface area contributed by atoms with Crippen molar-refractivity contribution in [3.8, 4) is 23.1 Å². The number of oxazole rings is 1. The summed E-state index contributed by atoms with van der Waals surface area (Å²) in [6, 6.07) is 6.98. The van der Waals surface area contributed by atoms with Crippen LogP contribution in [0, 0.1) is 18.3 Å². The molecule has 1 atom stereocenters. The summed E-state index contributed by atoms with van der Waals surface area (Å²) in [4.78, 5) is 34.5. The van der Waals surface area contributed by atoms with E-state index in [4.69, 9.17) is 4.42 Å². The van der Waals surface area contributed by atoms with Crippen molar-refractivity contribution in [2.24, 2.45) is 0 Å². The number of hydrogen-bond donors (Lipinski definition) is 1. The van der Waals surface area contributed by atoms with Crippen molar-refractivity contribution in [1.82, 2.24) is 34.1 Å². The largest absolute Gasteiger partial charge is 0.442 e. The van der Waals surface area contributed by atoms with Gasteiger partial charge >= 0.3 is 17.9 Å². The van der Waals surface area contributed by atoms with Gasteiger partial charge in [-0.2, -0.15) is 23.5 Å². The van der Waals surface area contributed by atoms with E-state index >= 15 is 0 Å². The van der Waals surface area contributed by atoms with Crippen molar-refractivity contribution < 1.29 is 22.4 Å². The lowest BCUT2D eigenvalue weighted by Gasteiger charge is -2.19. The molecule has 3 aromatic heterocycles. The number of nitrogens with one attached hydrogen (secondary N) is 1. The molecule has 232 valence electrons. The number of nitriles is 1. The van der Waals surface area contributed by atoms with Crippen molar-refractivity contribution in [3.63, 3.8) is 0 Å². The Labute approximate surface area is 255 Å². The van der Waals surface area contributed by atoms with Crippen LogP contribution in [-0.2, 0) is 18.3 Å². The van der Waals surface area contributed by atoms with Crippen molar-refractivity contribution in [2.45, 2.75) is 50.5 Å². The Morgan fingerprint density at radius 2 is 2.04 bits per heavy atom. The lowest BCUT2D eigenvalue weighted by molar-refractivity contribution is -0.137. The molecule has 1 fully saturated rings. The Bertz CT molecular complexity index is 1950. The number of hydrogen-bond acceptors (Lipinski definition) is 7. The summed E-state index contributed by atoms with van der Waals surface area (Å²) in [5.41, 5.74) is -1.49. The van der Waals surface area contributed by atoms with Gasteiger partial charge in [0.05, 0.1) is 47.5 Å². The van der Waals surface area contributed by atoms with Crippen LogP contribution in [0.15, 0.2) is 75.7 Å². The zero-order valence-corrected chi connectivity index (χ0v) is 24.7. The van der Waals surface area contributed by atoms with Gasteiger partial charge in [0.2, 0.25) is 5.89 Å². The molecule has 0 saturated heterocycles. The molecule has 1 saturated carbocycles. The van der Waals surface area contributed by atoms with E-state index in [0.717, 1.165) is 21.3 Å². The zero-order valence-electron chi connectivity index (χ0n) is 24.7. The van der Waals surface area contributed by atoms with Crippen LogP contribution in [0.4, 0.5) is 18.0 Å². The summed E-state index contributed by atoms with van der Waals surface area (Å²) in [5.74, 6) is 0.923. The normalized spacial score (nSPS) is 17.3. The number of allylic oxidation sites excluding steroid dienone is 4. The van der Waals surface area contributed by atoms with Crippen molar-refractivity contribution in [3.05, 3.63) is 99.9 Å². The van der Waals surface area contributed by atoms with Gasteiger partial charge in [-0.25, -0.2) is 19.1 Å². The number of alkyl halides is 3. The number of halogens is 3. The second kappa shape index (κ2) is 11.1. The summed E-state index contributed by atoms with van der Waals surface area (Å²) in [5, 5.41) is 16.6. The van der Waals surface area contributed by atoms with E-state index in [1.165, 1.54) is 18.3 Å². The molecular weight excluding hydrogens is 589 g/mol. The van der Waals surface area contributed by atoms with Crippen molar-refractivity contribution in [1.29, 1.82) is 5.26 Å². The second-order valence-electron chi connectivity index (χ2n) is 11.4. The van der Waals surface area contributed by atoms with Crippen LogP contribution < -0.4 is 11.0 Å². The van der Waals surface area contributed by atoms with Crippen LogP contribution in [-0.4, -0.2) is 48.9 Å². The molecular formula is C31H29F3N8O3. The fourth-order valence-electron chi connectivity index (χ4n) is 5.55. The van der Waals surface area contributed by atoms with Gasteiger partial charge in [-0.3, -0.25) is 9.25 Å². The number of rotatable bonds is 7. The monoisotopic (exact) mass is 618 g/mol. The fraction of sp³-hybridized carbons (Fsp3) is 0.323. The molecule has 45 heavy (non-hydrogen) atoms. The van der Waals surface area contributed by atoms with E-state index in [-0.39, 0.29) is 23.1 Å². The summed E-state index contributed by atoms with van der Waals surface area (Å²) >= 11 is 0. The molecule has 1 amide bonds. The molecule has 1 N–H and O–H groups in total. The van der Waals surface area contributed by atoms with E-state index in [1.54, 1.807) is 42.1 Å². The fourth-order valence-corrected chi connectivity index (χ4v) is 5.55. The first-order chi connectivity index (χ1) is 21.4. The minimum atomic E-state index is -4.64. The van der Waals surface area contributed by atoms with Crippen LogP contribution in [0.25, 0.3) is 17.1 Å². The summed E-state index contributed by atoms with van der Waals surface area (Å²) in [6.45, 7) is 2.07. The van der Waals surface area contributed by atoms with E-state index in [0.29, 0.717) is 48.7 Å². The first-order valence-electron chi connectivity index (χ1n) is 14.2. The molecule has 6 rings (SSSR count). The maximum absolute atomic E-state index is 14.1. The molecule has 0 radical (unpaired) electrons. The van der Waals surface area contributed by atoms with Crippen molar-refractivity contribution >= 4 is 6.03 Å². The van der Waals surface area contributed by atoms with E-state index in [2.05, 4.69) is 21.5 Å². The molecule has 0 aliphatic heterocycles. The molecule has 0 spiro atoms. The van der Waals surface area contributed by atoms with Gasteiger partial charge in [-0.15, -0.1) is 0 Å². The maximum Gasteiger partial charge on any atom is 0.416 e. The molecule has 0 bridgehead atoms. The predicted molar refractivity (Wildman–Crippen MR) is 156 cm³/mol. The van der Waals surface area contributed by atoms with Gasteiger partial charge in [0.25, 0.3) is 0 Å². The zero-order chi connectivity index (χ0) is 32.1. The predicted octanol–water partition coefficient (Wildman–Crippen LogP) is 5.08. The summed E-state index contributed by atoms with van der Waals surface area (Å²) in [6.07, 6.45) is 5.17. The highest BCUT2D eigenvalue weighted by atomic mass is 19.4. The quantitative estimate of drug-likeness (QED) is 0.306. The third kappa shape index (κ3) is 5.51. The van der Waals surface area contributed by atoms with Gasteiger partial charge in [-0.05, 0) is 70.6 Å². The van der Waals surface area contributed by atoms with Crippen LogP contribution in [0.3, 0.4) is 0 Å². The third-order valence-electron chi connectivity index (χ3n) is 7.88. The van der Waals surface area contributed by atoms with E-state index in [9.17, 15) is 28.0 Å². The number of amides is 1. The van der Waals surface area contributed by atoms with Crippen LogP contribution in [0.1, 0.15) is 48.2 Å². The van der Waals surface area contributed by atoms with E-state index < -0.39 is 29.0 Å². The Morgan fingerprint density at radius 1 is 1.27 bits per heavy atom. The molecule has 1 aromatic carbocycles. The molecule has 2 aliphatic rings. The Hall–Kier alpha value is -5.16. The average molecular weight is 619 g/mol. The highest BCUT2D eigenvalue weighted by molar-refractivity contribution is 5.84. The van der Waals surface area contributed by atoms with Gasteiger partial charge in [0.1, 0.15) is 17.0 Å². The van der Waals surface area contributed by atoms with Crippen molar-refractivity contribution in [2.75, 3.05) is 14.1 Å². The second-order valence-corrected chi connectivity index (χ2v) is 11.4. The Morgan fingerprint density at radius 3 is 2.69 bits per heavy atom. The average Bonchev–Trinajstić information content (AvgIpc) is 3.30. The Balaban J connectivity index is 1.46. The smallest absolute Gasteiger partial charge is 0.416 e. The topological polar surface area (TPSA) is 127 Å². The number of nitrogens with zero attached hydrogens (tertiary/aromatic N) is 7. The number of carbonyl (C=O) groups excluding carboxylic acids is 1. The minimum Gasteiger partial charge on any atom is -0.442 e. The molecule has 4 aromatic rings. The number of carbonyl (C=O) groups is 1. The minimum absolute atomic E-state index is 0.0486. The van der Waals surface area contributed by atoms with Gasteiger partial charge < -0.3 is 14.6 Å². The number of benzene rings is 1. The SMILES string of the molecule is Cc1c(-c2ccnn2C2C=CC(C#N)=CC2)n(C(=O)NC2(c3ncc(CN(C)C)o3)CC2)c(=O)n1-c1cccc(C(F)(F)F)c1. The lowest BCUT2D eigenvalue weighted by Crippen LogP contribution is -2.42. The van der Waals surface area contributed by atoms with Gasteiger partial charge in [0.15, 0.2) is 0 Å². The van der Waals surface area contributed by atoms with Crippen LogP contribution in [0.5, 0.6) is 0 Å². The molecule has 2 aliphatic carbocycles. The van der Waals surface area contributed by atoms with Crippen LogP contribution in [0.2, 0.25) is 0 Å². The molecule has 3 heterocycles. The highest BCUT2D eigenvalue weighted by Crippen LogP contribution is 2.45. The third-order valence-corrected chi connectivity index (χ3v) is 7.88. The van der Waals surface area contributed by atoms with Gasteiger partial charge in [0, 0.05) is 11.8 Å². The first kappa shape index (κ1) is 29.9. The lowest BCUT2D eigenvalue weighted by atomic mass is 10.0. The molecule has 1 unspecified atom stereocenters. The van der Waals surface area contributed by atoms with Crippen LogP contribution >= 0.6 is 0 Å². The number of imidazole rings is 1. The summed E-state index contributed by atoms with van der Waals surface area (Å²) in [7, 11) is 3.77. The standard InChI is InChI=1S/C31H29F3N8O3/c1-19-26(25-11-14-37-42(25)22-9-7-20(16-35)8-10-22)41(29(44)40(19)23-6-4-5-21(15-23)31(32,33)34)28(43)38-30(12-13-30)27-36-17-24(45-27)18-39(2)3/h4-9,11,14-15,17,22H,10,12-13,18H2,1-3H3,(H,38,43). The maximum atomic E-state index is 14.1. The van der Waals surface area contributed by atoms with E-state index in [1.807, 2.05) is 19.0 Å². The summed E-state index contributed by atoms with van der Waals surface area (Å²) < 4.78 is 50.5. The Kier molecular flexibility index (Phi) is 7.36. The number of aromatic nitrogens is 5. The molecule has 11 nitrogen and oxygen atoms in total. The van der Waals surface area contributed by atoms with Gasteiger partial charge in [-0.1, -0.05) is 18.2 Å².